The molecular weight excluding hydrogens is 228 g/mol. The van der Waals surface area contributed by atoms with Crippen molar-refractivity contribution in [1.82, 2.24) is 4.98 Å². The van der Waals surface area contributed by atoms with Crippen molar-refractivity contribution in [2.75, 3.05) is 5.32 Å². The highest BCUT2D eigenvalue weighted by molar-refractivity contribution is 7.14. The zero-order valence-corrected chi connectivity index (χ0v) is 10.1. The van der Waals surface area contributed by atoms with E-state index in [1.165, 1.54) is 22.5 Å². The average molecular weight is 239 g/mol. The van der Waals surface area contributed by atoms with E-state index in [9.17, 15) is 0 Å². The largest absolute Gasteiger partial charge is 0.331 e. The second kappa shape index (κ2) is 4.21. The van der Waals surface area contributed by atoms with Crippen LogP contribution in [0.25, 0.3) is 0 Å². The van der Waals surface area contributed by atoms with E-state index < -0.39 is 0 Å². The normalized spacial score (nSPS) is 10.3. The summed E-state index contributed by atoms with van der Waals surface area (Å²) in [6, 6.07) is 6.31. The third kappa shape index (κ3) is 2.70. The van der Waals surface area contributed by atoms with Crippen molar-refractivity contribution in [3.8, 4) is 0 Å². The monoisotopic (exact) mass is 238 g/mol. The number of aromatic nitrogens is 1. The molecule has 0 atom stereocenters. The molecule has 0 aliphatic rings. The molecule has 2 rings (SSSR count). The van der Waals surface area contributed by atoms with Gasteiger partial charge in [-0.2, -0.15) is 0 Å². The molecule has 1 aromatic heterocycles. The van der Waals surface area contributed by atoms with Crippen LogP contribution in [0.2, 0.25) is 5.15 Å². The fourth-order valence-electron chi connectivity index (χ4n) is 1.48. The van der Waals surface area contributed by atoms with E-state index in [0.29, 0.717) is 5.15 Å². The summed E-state index contributed by atoms with van der Waals surface area (Å²) in [5, 5.41) is 6.40. The van der Waals surface area contributed by atoms with Crippen molar-refractivity contribution in [2.24, 2.45) is 0 Å². The summed E-state index contributed by atoms with van der Waals surface area (Å²) in [4.78, 5) is 4.14. The van der Waals surface area contributed by atoms with Crippen LogP contribution in [0.15, 0.2) is 23.6 Å². The van der Waals surface area contributed by atoms with E-state index in [4.69, 9.17) is 11.6 Å². The number of hydrogen-bond acceptors (Lipinski definition) is 3. The molecule has 0 unspecified atom stereocenters. The molecule has 0 saturated heterocycles. The predicted octanol–water partition coefficient (Wildman–Crippen LogP) is 4.16. The summed E-state index contributed by atoms with van der Waals surface area (Å²) in [7, 11) is 0. The first-order valence-electron chi connectivity index (χ1n) is 4.60. The maximum atomic E-state index is 5.75. The van der Waals surface area contributed by atoms with E-state index in [1.54, 1.807) is 0 Å². The predicted molar refractivity (Wildman–Crippen MR) is 66.3 cm³/mol. The van der Waals surface area contributed by atoms with E-state index in [-0.39, 0.29) is 0 Å². The van der Waals surface area contributed by atoms with Gasteiger partial charge < -0.3 is 5.32 Å². The van der Waals surface area contributed by atoms with E-state index in [1.807, 2.05) is 5.38 Å². The summed E-state index contributed by atoms with van der Waals surface area (Å²) in [5.74, 6) is 0. The first-order valence-corrected chi connectivity index (χ1v) is 5.85. The Hall–Kier alpha value is -1.06. The topological polar surface area (TPSA) is 24.9 Å². The number of halogens is 1. The Morgan fingerprint density at radius 1 is 1.20 bits per heavy atom. The summed E-state index contributed by atoms with van der Waals surface area (Å²) in [5.41, 5.74) is 3.53. The molecule has 0 amide bonds. The van der Waals surface area contributed by atoms with E-state index in [2.05, 4.69) is 42.3 Å². The molecule has 2 nitrogen and oxygen atoms in total. The molecule has 0 bridgehead atoms. The molecular formula is C11H11ClN2S. The molecule has 78 valence electrons. The van der Waals surface area contributed by atoms with Gasteiger partial charge in [0.1, 0.15) is 5.15 Å². The van der Waals surface area contributed by atoms with Crippen molar-refractivity contribution in [1.29, 1.82) is 0 Å². The first-order chi connectivity index (χ1) is 7.13. The molecule has 0 fully saturated rings. The Morgan fingerprint density at radius 3 is 2.40 bits per heavy atom. The molecule has 0 spiro atoms. The quantitative estimate of drug-likeness (QED) is 0.850. The zero-order chi connectivity index (χ0) is 10.8. The lowest BCUT2D eigenvalue weighted by atomic mass is 10.1. The number of rotatable bonds is 2. The van der Waals surface area contributed by atoms with Gasteiger partial charge in [-0.15, -0.1) is 11.3 Å². The van der Waals surface area contributed by atoms with Crippen LogP contribution in [0.5, 0.6) is 0 Å². The van der Waals surface area contributed by atoms with Gasteiger partial charge in [-0.1, -0.05) is 17.7 Å². The summed E-state index contributed by atoms with van der Waals surface area (Å²) in [6.07, 6.45) is 0. The number of hydrogen-bond donors (Lipinski definition) is 1. The van der Waals surface area contributed by atoms with Gasteiger partial charge in [0.15, 0.2) is 5.13 Å². The average Bonchev–Trinajstić information content (AvgIpc) is 2.49. The number of aryl methyl sites for hydroxylation is 2. The Labute approximate surface area is 97.9 Å². The van der Waals surface area contributed by atoms with Gasteiger partial charge in [-0.25, -0.2) is 4.98 Å². The molecule has 0 saturated carbocycles. The van der Waals surface area contributed by atoms with Gasteiger partial charge in [0.05, 0.1) is 0 Å². The van der Waals surface area contributed by atoms with E-state index >= 15 is 0 Å². The summed E-state index contributed by atoms with van der Waals surface area (Å²) < 4.78 is 0. The molecule has 4 heteroatoms. The number of benzene rings is 1. The molecule has 1 N–H and O–H groups in total. The van der Waals surface area contributed by atoms with Crippen LogP contribution in [0.3, 0.4) is 0 Å². The maximum absolute atomic E-state index is 5.75. The van der Waals surface area contributed by atoms with Gasteiger partial charge in [0, 0.05) is 11.1 Å². The molecule has 0 radical (unpaired) electrons. The first kappa shape index (κ1) is 10.5. The standard InChI is InChI=1S/C11H11ClN2S/c1-7-3-8(2)5-9(4-7)13-11-14-10(12)6-15-11/h3-6H,1-2H3,(H,13,14). The molecule has 15 heavy (non-hydrogen) atoms. The van der Waals surface area contributed by atoms with Crippen LogP contribution in [0.1, 0.15) is 11.1 Å². The second-order valence-electron chi connectivity index (χ2n) is 3.48. The Kier molecular flexibility index (Phi) is 2.93. The van der Waals surface area contributed by atoms with Crippen LogP contribution in [-0.4, -0.2) is 4.98 Å². The lowest BCUT2D eigenvalue weighted by Gasteiger charge is -2.05. The van der Waals surface area contributed by atoms with Gasteiger partial charge >= 0.3 is 0 Å². The lowest BCUT2D eigenvalue weighted by Crippen LogP contribution is -1.90. The van der Waals surface area contributed by atoms with Crippen LogP contribution in [0.4, 0.5) is 10.8 Å². The van der Waals surface area contributed by atoms with Crippen molar-refractivity contribution < 1.29 is 0 Å². The van der Waals surface area contributed by atoms with E-state index in [0.717, 1.165) is 10.8 Å². The van der Waals surface area contributed by atoms with Crippen molar-refractivity contribution >= 4 is 33.8 Å². The fourth-order valence-corrected chi connectivity index (χ4v) is 2.34. The summed E-state index contributed by atoms with van der Waals surface area (Å²) in [6.45, 7) is 4.15. The van der Waals surface area contributed by atoms with Crippen LogP contribution < -0.4 is 5.32 Å². The highest BCUT2D eigenvalue weighted by Gasteiger charge is 2.01. The third-order valence-electron chi connectivity index (χ3n) is 1.95. The second-order valence-corrected chi connectivity index (χ2v) is 4.72. The summed E-state index contributed by atoms with van der Waals surface area (Å²) >= 11 is 7.25. The molecule has 1 aromatic carbocycles. The number of nitrogens with zero attached hydrogens (tertiary/aromatic N) is 1. The number of thiazole rings is 1. The molecule has 2 aromatic rings. The highest BCUT2D eigenvalue weighted by atomic mass is 35.5. The van der Waals surface area contributed by atoms with Gasteiger partial charge in [-0.05, 0) is 37.1 Å². The minimum absolute atomic E-state index is 0.534. The van der Waals surface area contributed by atoms with Crippen LogP contribution in [-0.2, 0) is 0 Å². The molecule has 0 aliphatic carbocycles. The van der Waals surface area contributed by atoms with Crippen molar-refractivity contribution in [2.45, 2.75) is 13.8 Å². The minimum atomic E-state index is 0.534. The molecule has 1 heterocycles. The van der Waals surface area contributed by atoms with Gasteiger partial charge in [0.25, 0.3) is 0 Å². The SMILES string of the molecule is Cc1cc(C)cc(Nc2nc(Cl)cs2)c1. The Bertz CT molecular complexity index is 459. The number of anilines is 2. The third-order valence-corrected chi connectivity index (χ3v) is 3.03. The van der Waals surface area contributed by atoms with Crippen molar-refractivity contribution in [3.63, 3.8) is 0 Å². The number of nitrogens with one attached hydrogen (secondary N) is 1. The Morgan fingerprint density at radius 2 is 1.87 bits per heavy atom. The van der Waals surface area contributed by atoms with Crippen LogP contribution in [0, 0.1) is 13.8 Å². The van der Waals surface area contributed by atoms with Gasteiger partial charge in [0.2, 0.25) is 0 Å². The Balaban J connectivity index is 2.24. The fraction of sp³-hybridized carbons (Fsp3) is 0.182. The van der Waals surface area contributed by atoms with Crippen molar-refractivity contribution in [3.05, 3.63) is 39.9 Å². The molecule has 0 aliphatic heterocycles. The highest BCUT2D eigenvalue weighted by Crippen LogP contribution is 2.24. The lowest BCUT2D eigenvalue weighted by molar-refractivity contribution is 1.35. The van der Waals surface area contributed by atoms with Crippen LogP contribution >= 0.6 is 22.9 Å². The zero-order valence-electron chi connectivity index (χ0n) is 8.54. The minimum Gasteiger partial charge on any atom is -0.331 e. The maximum Gasteiger partial charge on any atom is 0.188 e. The van der Waals surface area contributed by atoms with Gasteiger partial charge in [-0.3, -0.25) is 0 Å². The smallest absolute Gasteiger partial charge is 0.188 e.